The lowest BCUT2D eigenvalue weighted by Crippen LogP contribution is -2.27. The molecule has 3 rings (SSSR count). The van der Waals surface area contributed by atoms with Crippen molar-refractivity contribution in [3.63, 3.8) is 0 Å². The van der Waals surface area contributed by atoms with E-state index >= 15 is 0 Å². The predicted molar refractivity (Wildman–Crippen MR) is 118 cm³/mol. The summed E-state index contributed by atoms with van der Waals surface area (Å²) in [6.45, 7) is 1.97. The van der Waals surface area contributed by atoms with Crippen molar-refractivity contribution in [2.45, 2.75) is 25.9 Å². The minimum atomic E-state index is -0.659. The maximum Gasteiger partial charge on any atom is 0.282 e. The zero-order valence-corrected chi connectivity index (χ0v) is 17.0. The van der Waals surface area contributed by atoms with Crippen LogP contribution in [0, 0.1) is 10.1 Å². The second-order valence-corrected chi connectivity index (χ2v) is 6.88. The zero-order chi connectivity index (χ0) is 22.2. The van der Waals surface area contributed by atoms with Gasteiger partial charge in [-0.25, -0.2) is 0 Å². The summed E-state index contributed by atoms with van der Waals surface area (Å²) in [6, 6.07) is 21.3. The van der Waals surface area contributed by atoms with Gasteiger partial charge in [-0.1, -0.05) is 61.9 Å². The maximum absolute atomic E-state index is 12.8. The Bertz CT molecular complexity index is 1080. The van der Waals surface area contributed by atoms with Crippen molar-refractivity contribution in [1.29, 1.82) is 0 Å². The van der Waals surface area contributed by atoms with Crippen LogP contribution in [-0.4, -0.2) is 22.7 Å². The molecule has 0 fully saturated rings. The Balaban J connectivity index is 1.77. The van der Waals surface area contributed by atoms with Crippen molar-refractivity contribution in [2.24, 2.45) is 0 Å². The van der Waals surface area contributed by atoms with E-state index in [1.54, 1.807) is 54.6 Å². The summed E-state index contributed by atoms with van der Waals surface area (Å²) in [5.74, 6) is -0.296. The number of ether oxygens (including phenoxy) is 1. The van der Waals surface area contributed by atoms with Crippen LogP contribution in [0.2, 0.25) is 0 Å². The quantitative estimate of drug-likeness (QED) is 0.290. The molecule has 0 aromatic heterocycles. The summed E-state index contributed by atoms with van der Waals surface area (Å²) in [7, 11) is 0. The van der Waals surface area contributed by atoms with Crippen LogP contribution in [0.3, 0.4) is 0 Å². The molecule has 1 atom stereocenters. The molecule has 3 aromatic rings. The van der Waals surface area contributed by atoms with Crippen LogP contribution >= 0.6 is 0 Å². The number of nitro groups is 1. The standard InChI is InChI=1S/C24H22N2O5/c1-2-9-22(23(27)17-10-4-3-5-11-17)31-19-13-8-12-18(16-19)25-24(28)20-14-6-7-15-21(20)26(29)30/h3-8,10-16,22H,2,9H2,1H3,(H,25,28). The molecule has 1 unspecified atom stereocenters. The molecular formula is C24H22N2O5. The lowest BCUT2D eigenvalue weighted by molar-refractivity contribution is -0.385. The van der Waals surface area contributed by atoms with Crippen LogP contribution in [0.1, 0.15) is 40.5 Å². The molecule has 1 amide bonds. The third-order valence-electron chi connectivity index (χ3n) is 4.62. The minimum Gasteiger partial charge on any atom is -0.482 e. The topological polar surface area (TPSA) is 98.5 Å². The molecule has 7 heteroatoms. The number of nitrogens with zero attached hydrogens (tertiary/aromatic N) is 1. The molecule has 0 aliphatic rings. The number of nitro benzene ring substituents is 1. The highest BCUT2D eigenvalue weighted by Gasteiger charge is 2.22. The van der Waals surface area contributed by atoms with Crippen LogP contribution in [0.4, 0.5) is 11.4 Å². The number of carbonyl (C=O) groups excluding carboxylic acids is 2. The fourth-order valence-electron chi connectivity index (χ4n) is 3.13. The lowest BCUT2D eigenvalue weighted by atomic mass is 10.0. The van der Waals surface area contributed by atoms with Gasteiger partial charge in [-0.05, 0) is 24.6 Å². The number of benzene rings is 3. The smallest absolute Gasteiger partial charge is 0.282 e. The largest absolute Gasteiger partial charge is 0.482 e. The van der Waals surface area contributed by atoms with Crippen LogP contribution in [0.15, 0.2) is 78.9 Å². The first-order valence-corrected chi connectivity index (χ1v) is 9.90. The number of nitrogens with one attached hydrogen (secondary N) is 1. The Kier molecular flexibility index (Phi) is 7.11. The van der Waals surface area contributed by atoms with Crippen molar-refractivity contribution < 1.29 is 19.2 Å². The van der Waals surface area contributed by atoms with Gasteiger partial charge >= 0.3 is 0 Å². The van der Waals surface area contributed by atoms with E-state index in [2.05, 4.69) is 5.32 Å². The fourth-order valence-corrected chi connectivity index (χ4v) is 3.13. The van der Waals surface area contributed by atoms with Crippen molar-refractivity contribution in [2.75, 3.05) is 5.32 Å². The molecule has 158 valence electrons. The Morgan fingerprint density at radius 3 is 2.42 bits per heavy atom. The summed E-state index contributed by atoms with van der Waals surface area (Å²) in [6.07, 6.45) is 0.645. The first-order valence-electron chi connectivity index (χ1n) is 9.90. The molecule has 0 saturated heterocycles. The Morgan fingerprint density at radius 1 is 1.00 bits per heavy atom. The minimum absolute atomic E-state index is 0.0399. The maximum atomic E-state index is 12.8. The van der Waals surface area contributed by atoms with Gasteiger partial charge in [0, 0.05) is 23.4 Å². The normalized spacial score (nSPS) is 11.4. The van der Waals surface area contributed by atoms with E-state index in [-0.39, 0.29) is 17.0 Å². The van der Waals surface area contributed by atoms with Gasteiger partial charge in [0.25, 0.3) is 11.6 Å². The lowest BCUT2D eigenvalue weighted by Gasteiger charge is -2.18. The summed E-state index contributed by atoms with van der Waals surface area (Å²) < 4.78 is 5.95. The van der Waals surface area contributed by atoms with Gasteiger partial charge in [0.1, 0.15) is 11.3 Å². The summed E-state index contributed by atoms with van der Waals surface area (Å²) in [5.41, 5.74) is 0.663. The number of hydrogen-bond donors (Lipinski definition) is 1. The van der Waals surface area contributed by atoms with Gasteiger partial charge < -0.3 is 10.1 Å². The van der Waals surface area contributed by atoms with E-state index in [0.717, 1.165) is 6.42 Å². The number of Topliss-reactive ketones (excluding diaryl/α,β-unsaturated/α-hetero) is 1. The first-order chi connectivity index (χ1) is 15.0. The monoisotopic (exact) mass is 418 g/mol. The van der Waals surface area contributed by atoms with E-state index in [1.807, 2.05) is 13.0 Å². The molecule has 0 bridgehead atoms. The van der Waals surface area contributed by atoms with Gasteiger partial charge in [-0.2, -0.15) is 0 Å². The molecule has 7 nitrogen and oxygen atoms in total. The first kappa shape index (κ1) is 21.7. The highest BCUT2D eigenvalue weighted by Crippen LogP contribution is 2.24. The van der Waals surface area contributed by atoms with E-state index in [1.165, 1.54) is 18.2 Å². The molecule has 0 heterocycles. The summed E-state index contributed by atoms with van der Waals surface area (Å²) in [4.78, 5) is 36.0. The number of anilines is 1. The number of para-hydroxylation sites is 1. The Hall–Kier alpha value is -4.00. The van der Waals surface area contributed by atoms with E-state index < -0.39 is 16.9 Å². The average molecular weight is 418 g/mol. The highest BCUT2D eigenvalue weighted by atomic mass is 16.6. The zero-order valence-electron chi connectivity index (χ0n) is 17.0. The number of hydrogen-bond acceptors (Lipinski definition) is 5. The average Bonchev–Trinajstić information content (AvgIpc) is 2.79. The molecule has 31 heavy (non-hydrogen) atoms. The van der Waals surface area contributed by atoms with Gasteiger partial charge in [0.2, 0.25) is 5.78 Å². The second kappa shape index (κ2) is 10.2. The predicted octanol–water partition coefficient (Wildman–Crippen LogP) is 5.28. The molecule has 0 aliphatic heterocycles. The molecule has 0 spiro atoms. The van der Waals surface area contributed by atoms with E-state index in [4.69, 9.17) is 4.74 Å². The Morgan fingerprint density at radius 2 is 1.71 bits per heavy atom. The van der Waals surface area contributed by atoms with Gasteiger partial charge in [0.15, 0.2) is 6.10 Å². The Labute approximate surface area is 179 Å². The van der Waals surface area contributed by atoms with Crippen LogP contribution in [0.25, 0.3) is 0 Å². The number of carbonyl (C=O) groups is 2. The van der Waals surface area contributed by atoms with Crippen LogP contribution < -0.4 is 10.1 Å². The number of rotatable bonds is 9. The van der Waals surface area contributed by atoms with E-state index in [0.29, 0.717) is 23.4 Å². The van der Waals surface area contributed by atoms with E-state index in [9.17, 15) is 19.7 Å². The number of amides is 1. The van der Waals surface area contributed by atoms with Gasteiger partial charge in [0.05, 0.1) is 4.92 Å². The van der Waals surface area contributed by atoms with Crippen molar-refractivity contribution >= 4 is 23.1 Å². The molecule has 3 aromatic carbocycles. The van der Waals surface area contributed by atoms with Gasteiger partial charge in [-0.15, -0.1) is 0 Å². The van der Waals surface area contributed by atoms with Crippen molar-refractivity contribution in [3.05, 3.63) is 100 Å². The third-order valence-corrected chi connectivity index (χ3v) is 4.62. The molecule has 0 radical (unpaired) electrons. The summed E-state index contributed by atoms with van der Waals surface area (Å²) in [5, 5.41) is 13.8. The van der Waals surface area contributed by atoms with Crippen molar-refractivity contribution in [1.82, 2.24) is 0 Å². The van der Waals surface area contributed by atoms with Gasteiger partial charge in [-0.3, -0.25) is 19.7 Å². The summed E-state index contributed by atoms with van der Waals surface area (Å²) >= 11 is 0. The van der Waals surface area contributed by atoms with Crippen molar-refractivity contribution in [3.8, 4) is 5.75 Å². The SMILES string of the molecule is CCCC(Oc1cccc(NC(=O)c2ccccc2[N+](=O)[O-])c1)C(=O)c1ccccc1. The van der Waals surface area contributed by atoms with Crippen LogP contribution in [-0.2, 0) is 0 Å². The van der Waals surface area contributed by atoms with Crippen LogP contribution in [0.5, 0.6) is 5.75 Å². The molecule has 0 saturated carbocycles. The number of ketones is 1. The fraction of sp³-hybridized carbons (Fsp3) is 0.167. The highest BCUT2D eigenvalue weighted by molar-refractivity contribution is 6.07. The molecule has 0 aliphatic carbocycles. The third kappa shape index (κ3) is 5.54. The second-order valence-electron chi connectivity index (χ2n) is 6.88. The molecular weight excluding hydrogens is 396 g/mol. The molecule has 1 N–H and O–H groups in total.